The standard InChI is InChI=1S/C25H18N2O2S/c28-24(19-12-10-18(11-13-19)14-17-6-2-1-3-7-17)27-25-26-21(16-30-25)23-15-20-8-4-5-9-22(20)29-23/h1-13,15-16H,14H2,(H,26,27,28). The van der Waals surface area contributed by atoms with Crippen molar-refractivity contribution in [2.45, 2.75) is 6.42 Å². The average molecular weight is 410 g/mol. The lowest BCUT2D eigenvalue weighted by Gasteiger charge is -2.05. The number of para-hydroxylation sites is 1. The number of aromatic nitrogens is 1. The molecule has 146 valence electrons. The average Bonchev–Trinajstić information content (AvgIpc) is 3.42. The summed E-state index contributed by atoms with van der Waals surface area (Å²) >= 11 is 1.38. The molecule has 0 unspecified atom stereocenters. The van der Waals surface area contributed by atoms with Gasteiger partial charge in [-0.05, 0) is 41.8 Å². The third-order valence-corrected chi connectivity index (χ3v) is 5.63. The molecule has 1 N–H and O–H groups in total. The second-order valence-corrected chi connectivity index (χ2v) is 7.86. The molecule has 0 saturated carbocycles. The number of thiazole rings is 1. The predicted molar refractivity (Wildman–Crippen MR) is 121 cm³/mol. The quantitative estimate of drug-likeness (QED) is 0.365. The third-order valence-electron chi connectivity index (χ3n) is 4.87. The van der Waals surface area contributed by atoms with Crippen LogP contribution in [0.15, 0.2) is 94.7 Å². The van der Waals surface area contributed by atoms with Gasteiger partial charge in [-0.15, -0.1) is 11.3 Å². The summed E-state index contributed by atoms with van der Waals surface area (Å²) in [5.74, 6) is 0.519. The summed E-state index contributed by atoms with van der Waals surface area (Å²) in [6.45, 7) is 0. The molecule has 0 spiro atoms. The van der Waals surface area contributed by atoms with Crippen LogP contribution in [0.3, 0.4) is 0 Å². The molecule has 1 amide bonds. The molecule has 0 saturated heterocycles. The van der Waals surface area contributed by atoms with E-state index in [4.69, 9.17) is 4.42 Å². The summed E-state index contributed by atoms with van der Waals surface area (Å²) in [6, 6.07) is 27.7. The normalized spacial score (nSPS) is 10.9. The minimum atomic E-state index is -0.174. The van der Waals surface area contributed by atoms with Crippen molar-refractivity contribution in [3.05, 3.63) is 107 Å². The lowest BCUT2D eigenvalue weighted by Crippen LogP contribution is -2.11. The van der Waals surface area contributed by atoms with Gasteiger partial charge in [-0.1, -0.05) is 60.7 Å². The van der Waals surface area contributed by atoms with Crippen LogP contribution in [0.1, 0.15) is 21.5 Å². The second-order valence-electron chi connectivity index (χ2n) is 7.00. The summed E-state index contributed by atoms with van der Waals surface area (Å²) in [5.41, 5.74) is 4.55. The van der Waals surface area contributed by atoms with Gasteiger partial charge in [0.05, 0.1) is 0 Å². The molecule has 3 aromatic carbocycles. The van der Waals surface area contributed by atoms with Crippen LogP contribution < -0.4 is 5.32 Å². The smallest absolute Gasteiger partial charge is 0.257 e. The Morgan fingerprint density at radius 2 is 1.63 bits per heavy atom. The van der Waals surface area contributed by atoms with Crippen LogP contribution >= 0.6 is 11.3 Å². The van der Waals surface area contributed by atoms with Crippen molar-refractivity contribution in [1.82, 2.24) is 4.98 Å². The zero-order valence-electron chi connectivity index (χ0n) is 16.0. The molecule has 5 aromatic rings. The van der Waals surface area contributed by atoms with E-state index in [2.05, 4.69) is 22.4 Å². The fraction of sp³-hybridized carbons (Fsp3) is 0.0400. The molecular weight excluding hydrogens is 392 g/mol. The van der Waals surface area contributed by atoms with Crippen molar-refractivity contribution in [3.63, 3.8) is 0 Å². The molecule has 0 fully saturated rings. The van der Waals surface area contributed by atoms with Gasteiger partial charge in [-0.25, -0.2) is 4.98 Å². The number of amides is 1. The van der Waals surface area contributed by atoms with Gasteiger partial charge >= 0.3 is 0 Å². The van der Waals surface area contributed by atoms with E-state index in [-0.39, 0.29) is 5.91 Å². The number of carbonyl (C=O) groups excluding carboxylic acids is 1. The number of anilines is 1. The summed E-state index contributed by atoms with van der Waals surface area (Å²) in [7, 11) is 0. The Hall–Kier alpha value is -3.70. The summed E-state index contributed by atoms with van der Waals surface area (Å²) in [4.78, 5) is 17.1. The highest BCUT2D eigenvalue weighted by Gasteiger charge is 2.13. The lowest BCUT2D eigenvalue weighted by atomic mass is 10.0. The van der Waals surface area contributed by atoms with Crippen LogP contribution in [0, 0.1) is 0 Å². The molecule has 0 radical (unpaired) electrons. The van der Waals surface area contributed by atoms with E-state index >= 15 is 0 Å². The van der Waals surface area contributed by atoms with Crippen LogP contribution in [0.25, 0.3) is 22.4 Å². The van der Waals surface area contributed by atoms with E-state index in [9.17, 15) is 4.79 Å². The zero-order valence-corrected chi connectivity index (χ0v) is 16.9. The summed E-state index contributed by atoms with van der Waals surface area (Å²) < 4.78 is 5.85. The molecule has 0 atom stereocenters. The van der Waals surface area contributed by atoms with Gasteiger partial charge in [0.25, 0.3) is 5.91 Å². The first-order chi connectivity index (χ1) is 14.7. The number of nitrogens with zero attached hydrogens (tertiary/aromatic N) is 1. The van der Waals surface area contributed by atoms with Gasteiger partial charge in [0.2, 0.25) is 0 Å². The SMILES string of the molecule is O=C(Nc1nc(-c2cc3ccccc3o2)cs1)c1ccc(Cc2ccccc2)cc1. The van der Waals surface area contributed by atoms with Crippen LogP contribution in [0.2, 0.25) is 0 Å². The Morgan fingerprint density at radius 3 is 2.43 bits per heavy atom. The van der Waals surface area contributed by atoms with Crippen molar-refractivity contribution in [1.29, 1.82) is 0 Å². The maximum absolute atomic E-state index is 12.6. The maximum Gasteiger partial charge on any atom is 0.257 e. The number of rotatable bonds is 5. The maximum atomic E-state index is 12.6. The van der Waals surface area contributed by atoms with Crippen molar-refractivity contribution in [3.8, 4) is 11.5 Å². The minimum absolute atomic E-state index is 0.174. The van der Waals surface area contributed by atoms with E-state index in [1.165, 1.54) is 22.5 Å². The molecule has 4 nitrogen and oxygen atoms in total. The van der Waals surface area contributed by atoms with Crippen molar-refractivity contribution < 1.29 is 9.21 Å². The van der Waals surface area contributed by atoms with Crippen molar-refractivity contribution in [2.75, 3.05) is 5.32 Å². The van der Waals surface area contributed by atoms with E-state index < -0.39 is 0 Å². The molecule has 0 aliphatic rings. The van der Waals surface area contributed by atoms with Gasteiger partial charge < -0.3 is 4.42 Å². The van der Waals surface area contributed by atoms with E-state index in [0.29, 0.717) is 22.1 Å². The first kappa shape index (κ1) is 18.3. The summed E-state index contributed by atoms with van der Waals surface area (Å²) in [5, 5.41) is 6.34. The Balaban J connectivity index is 1.27. The zero-order chi connectivity index (χ0) is 20.3. The fourth-order valence-corrected chi connectivity index (χ4v) is 4.02. The minimum Gasteiger partial charge on any atom is -0.454 e. The largest absolute Gasteiger partial charge is 0.454 e. The highest BCUT2D eigenvalue weighted by atomic mass is 32.1. The third kappa shape index (κ3) is 3.88. The van der Waals surface area contributed by atoms with Crippen LogP contribution in [0.5, 0.6) is 0 Å². The van der Waals surface area contributed by atoms with E-state index in [1.54, 1.807) is 0 Å². The topological polar surface area (TPSA) is 55.1 Å². The van der Waals surface area contributed by atoms with Crippen LogP contribution in [0.4, 0.5) is 5.13 Å². The highest BCUT2D eigenvalue weighted by molar-refractivity contribution is 7.14. The Labute approximate surface area is 177 Å². The Kier molecular flexibility index (Phi) is 4.87. The number of furan rings is 1. The molecule has 2 heterocycles. The molecule has 2 aromatic heterocycles. The van der Waals surface area contributed by atoms with E-state index in [1.807, 2.05) is 78.2 Å². The van der Waals surface area contributed by atoms with Gasteiger partial charge in [0.1, 0.15) is 11.3 Å². The first-order valence-electron chi connectivity index (χ1n) is 9.63. The number of benzene rings is 3. The number of fused-ring (bicyclic) bond motifs is 1. The first-order valence-corrected chi connectivity index (χ1v) is 10.5. The molecule has 0 bridgehead atoms. The van der Waals surface area contributed by atoms with Crippen LogP contribution in [-0.4, -0.2) is 10.9 Å². The molecule has 5 heteroatoms. The monoisotopic (exact) mass is 410 g/mol. The molecule has 30 heavy (non-hydrogen) atoms. The van der Waals surface area contributed by atoms with Gasteiger partial charge in [0, 0.05) is 16.3 Å². The predicted octanol–water partition coefficient (Wildman–Crippen LogP) is 6.40. The number of hydrogen-bond acceptors (Lipinski definition) is 4. The van der Waals surface area contributed by atoms with Gasteiger partial charge in [0.15, 0.2) is 10.9 Å². The van der Waals surface area contributed by atoms with E-state index in [0.717, 1.165) is 17.4 Å². The fourth-order valence-electron chi connectivity index (χ4n) is 3.33. The van der Waals surface area contributed by atoms with Crippen molar-refractivity contribution >= 4 is 33.3 Å². The summed E-state index contributed by atoms with van der Waals surface area (Å²) in [6.07, 6.45) is 0.843. The molecule has 0 aliphatic heterocycles. The van der Waals surface area contributed by atoms with Gasteiger partial charge in [-0.2, -0.15) is 0 Å². The number of nitrogens with one attached hydrogen (secondary N) is 1. The number of carbonyl (C=O) groups is 1. The lowest BCUT2D eigenvalue weighted by molar-refractivity contribution is 0.102. The van der Waals surface area contributed by atoms with Gasteiger partial charge in [-0.3, -0.25) is 10.1 Å². The Morgan fingerprint density at radius 1 is 0.900 bits per heavy atom. The van der Waals surface area contributed by atoms with Crippen molar-refractivity contribution in [2.24, 2.45) is 0 Å². The van der Waals surface area contributed by atoms with Crippen LogP contribution in [-0.2, 0) is 6.42 Å². The number of hydrogen-bond donors (Lipinski definition) is 1. The molecular formula is C25H18N2O2S. The highest BCUT2D eigenvalue weighted by Crippen LogP contribution is 2.30. The molecule has 0 aliphatic carbocycles. The second kappa shape index (κ2) is 7.97. The molecule has 5 rings (SSSR count). The Bertz CT molecular complexity index is 1270.